The molecule has 0 unspecified atom stereocenters. The molecular formula is C20H16ClFN6O2S. The first-order chi connectivity index (χ1) is 14.9. The maximum Gasteiger partial charge on any atom is 0.272 e. The number of H-pyrrole nitrogens is 1. The maximum absolute atomic E-state index is 13.3. The molecule has 0 spiro atoms. The number of aromatic nitrogens is 4. The molecule has 0 atom stereocenters. The van der Waals surface area contributed by atoms with E-state index >= 15 is 0 Å². The van der Waals surface area contributed by atoms with Crippen molar-refractivity contribution in [1.29, 1.82) is 0 Å². The Morgan fingerprint density at radius 1 is 1.19 bits per heavy atom. The molecule has 0 saturated heterocycles. The third kappa shape index (κ3) is 4.54. The van der Waals surface area contributed by atoms with Gasteiger partial charge >= 0.3 is 0 Å². The number of amides is 1. The molecule has 8 nitrogen and oxygen atoms in total. The maximum atomic E-state index is 13.3. The first-order valence-corrected chi connectivity index (χ1v) is 10.4. The Bertz CT molecular complexity index is 1290. The summed E-state index contributed by atoms with van der Waals surface area (Å²) in [6.45, 7) is 2.13. The van der Waals surface area contributed by atoms with Crippen LogP contribution in [-0.2, 0) is 13.1 Å². The number of fused-ring (bicyclic) bond motifs is 1. The fourth-order valence-corrected chi connectivity index (χ4v) is 3.93. The van der Waals surface area contributed by atoms with Gasteiger partial charge in [-0.1, -0.05) is 17.7 Å². The van der Waals surface area contributed by atoms with Gasteiger partial charge in [0, 0.05) is 11.4 Å². The third-order valence-electron chi connectivity index (χ3n) is 4.44. The number of rotatable bonds is 7. The Hall–Kier alpha value is -3.37. The van der Waals surface area contributed by atoms with Crippen molar-refractivity contribution in [2.24, 2.45) is 0 Å². The summed E-state index contributed by atoms with van der Waals surface area (Å²) in [6.07, 6.45) is 1.28. The molecule has 3 N–H and O–H groups in total. The summed E-state index contributed by atoms with van der Waals surface area (Å²) in [7, 11) is 0. The molecule has 0 aliphatic carbocycles. The van der Waals surface area contributed by atoms with Crippen LogP contribution in [0.2, 0.25) is 5.02 Å². The average molecular weight is 459 g/mol. The Labute approximate surface area is 184 Å². The zero-order chi connectivity index (χ0) is 22.0. The molecule has 4 rings (SSSR count). The summed E-state index contributed by atoms with van der Waals surface area (Å²) in [5, 5.41) is 12.9. The molecule has 3 aromatic heterocycles. The predicted molar refractivity (Wildman–Crippen MR) is 116 cm³/mol. The number of nitrogens with zero attached hydrogens (tertiary/aromatic N) is 3. The van der Waals surface area contributed by atoms with Crippen LogP contribution in [0.5, 0.6) is 0 Å². The normalized spacial score (nSPS) is 10.9. The second-order valence-electron chi connectivity index (χ2n) is 6.62. The van der Waals surface area contributed by atoms with E-state index in [0.717, 1.165) is 4.88 Å². The smallest absolute Gasteiger partial charge is 0.272 e. The number of thiophene rings is 1. The number of carbonyl (C=O) groups excluding carboxylic acids is 2. The quantitative estimate of drug-likeness (QED) is 0.361. The summed E-state index contributed by atoms with van der Waals surface area (Å²) in [4.78, 5) is 34.0. The number of hydrogen-bond donors (Lipinski definition) is 3. The molecule has 31 heavy (non-hydrogen) atoms. The van der Waals surface area contributed by atoms with Gasteiger partial charge in [0.05, 0.1) is 16.4 Å². The van der Waals surface area contributed by atoms with Crippen molar-refractivity contribution in [3.63, 3.8) is 0 Å². The fourth-order valence-electron chi connectivity index (χ4n) is 2.88. The van der Waals surface area contributed by atoms with Gasteiger partial charge < -0.3 is 10.6 Å². The SMILES string of the molecule is CC(=O)c1ccc(CNc2n[nH]c3c(C(=O)NCc4ccc(F)c(Cl)c4)ncnc23)s1. The van der Waals surface area contributed by atoms with Gasteiger partial charge in [0.1, 0.15) is 23.2 Å². The first kappa shape index (κ1) is 20.9. The number of aromatic amines is 1. The van der Waals surface area contributed by atoms with Crippen LogP contribution in [-0.4, -0.2) is 31.9 Å². The van der Waals surface area contributed by atoms with Crippen molar-refractivity contribution < 1.29 is 14.0 Å². The van der Waals surface area contributed by atoms with Gasteiger partial charge in [0.15, 0.2) is 17.3 Å². The predicted octanol–water partition coefficient (Wildman–Crippen LogP) is 3.95. The lowest BCUT2D eigenvalue weighted by Gasteiger charge is -2.06. The van der Waals surface area contributed by atoms with E-state index in [1.54, 1.807) is 6.07 Å². The van der Waals surface area contributed by atoms with Crippen molar-refractivity contribution in [2.75, 3.05) is 5.32 Å². The Kier molecular flexibility index (Phi) is 5.92. The van der Waals surface area contributed by atoms with Gasteiger partial charge in [0.2, 0.25) is 0 Å². The molecule has 158 valence electrons. The average Bonchev–Trinajstić information content (AvgIpc) is 3.40. The number of ketones is 1. The van der Waals surface area contributed by atoms with Gasteiger partial charge in [0.25, 0.3) is 5.91 Å². The molecule has 0 bridgehead atoms. The molecule has 0 aliphatic heterocycles. The highest BCUT2D eigenvalue weighted by Gasteiger charge is 2.17. The minimum Gasteiger partial charge on any atom is -0.362 e. The molecule has 0 radical (unpaired) electrons. The lowest BCUT2D eigenvalue weighted by Crippen LogP contribution is -2.24. The van der Waals surface area contributed by atoms with Crippen molar-refractivity contribution in [3.05, 3.63) is 68.5 Å². The lowest BCUT2D eigenvalue weighted by molar-refractivity contribution is 0.0946. The van der Waals surface area contributed by atoms with Crippen molar-refractivity contribution in [3.8, 4) is 0 Å². The molecular weight excluding hydrogens is 443 g/mol. The van der Waals surface area contributed by atoms with Gasteiger partial charge in [-0.05, 0) is 36.8 Å². The van der Waals surface area contributed by atoms with E-state index in [2.05, 4.69) is 30.8 Å². The van der Waals surface area contributed by atoms with E-state index in [1.165, 1.54) is 42.8 Å². The van der Waals surface area contributed by atoms with Crippen LogP contribution in [0.4, 0.5) is 10.2 Å². The number of carbonyl (C=O) groups is 2. The van der Waals surface area contributed by atoms with E-state index in [4.69, 9.17) is 11.6 Å². The number of hydrogen-bond acceptors (Lipinski definition) is 7. The van der Waals surface area contributed by atoms with E-state index in [0.29, 0.717) is 33.8 Å². The van der Waals surface area contributed by atoms with Crippen LogP contribution < -0.4 is 10.6 Å². The number of anilines is 1. The van der Waals surface area contributed by atoms with E-state index in [-0.39, 0.29) is 23.0 Å². The standard InChI is InChI=1S/C20H16ClFN6O2S/c1-10(29)15-5-3-12(31-15)8-23-19-17-16(27-28-19)18(26-9-25-17)20(30)24-7-11-2-4-14(22)13(21)6-11/h2-6,9H,7-8H2,1H3,(H,24,30)(H2,23,27,28). The monoisotopic (exact) mass is 458 g/mol. The summed E-state index contributed by atoms with van der Waals surface area (Å²) in [5.74, 6) is -0.471. The van der Waals surface area contributed by atoms with Crippen LogP contribution in [0.1, 0.15) is 37.5 Å². The van der Waals surface area contributed by atoms with Crippen molar-refractivity contribution >= 4 is 51.5 Å². The second-order valence-corrected chi connectivity index (χ2v) is 8.20. The summed E-state index contributed by atoms with van der Waals surface area (Å²) in [6, 6.07) is 7.89. The van der Waals surface area contributed by atoms with Crippen molar-refractivity contribution in [2.45, 2.75) is 20.0 Å². The van der Waals surface area contributed by atoms with Gasteiger partial charge in [-0.15, -0.1) is 11.3 Å². The highest BCUT2D eigenvalue weighted by atomic mass is 35.5. The molecule has 4 aromatic rings. The Morgan fingerprint density at radius 2 is 2.03 bits per heavy atom. The third-order valence-corrected chi connectivity index (χ3v) is 5.92. The summed E-state index contributed by atoms with van der Waals surface area (Å²) >= 11 is 7.18. The molecule has 11 heteroatoms. The van der Waals surface area contributed by atoms with Crippen LogP contribution >= 0.6 is 22.9 Å². The highest BCUT2D eigenvalue weighted by Crippen LogP contribution is 2.23. The molecule has 0 saturated carbocycles. The highest BCUT2D eigenvalue weighted by molar-refractivity contribution is 7.14. The number of Topliss-reactive ketones (excluding diaryl/α,β-unsaturated/α-hetero) is 1. The molecule has 0 fully saturated rings. The van der Waals surface area contributed by atoms with E-state index in [9.17, 15) is 14.0 Å². The lowest BCUT2D eigenvalue weighted by atomic mass is 10.2. The second kappa shape index (κ2) is 8.78. The first-order valence-electron chi connectivity index (χ1n) is 9.17. The van der Waals surface area contributed by atoms with Crippen LogP contribution in [0.3, 0.4) is 0 Å². The molecule has 1 aromatic carbocycles. The van der Waals surface area contributed by atoms with Gasteiger partial charge in [-0.25, -0.2) is 14.4 Å². The van der Waals surface area contributed by atoms with Crippen molar-refractivity contribution in [1.82, 2.24) is 25.5 Å². The largest absolute Gasteiger partial charge is 0.362 e. The van der Waals surface area contributed by atoms with Crippen LogP contribution in [0.15, 0.2) is 36.7 Å². The fraction of sp³-hybridized carbons (Fsp3) is 0.150. The van der Waals surface area contributed by atoms with Gasteiger partial charge in [-0.2, -0.15) is 5.10 Å². The number of halogens is 2. The summed E-state index contributed by atoms with van der Waals surface area (Å²) < 4.78 is 13.3. The Morgan fingerprint density at radius 3 is 2.77 bits per heavy atom. The molecule has 3 heterocycles. The number of benzene rings is 1. The van der Waals surface area contributed by atoms with Crippen LogP contribution in [0.25, 0.3) is 11.0 Å². The molecule has 1 amide bonds. The minimum atomic E-state index is -0.521. The van der Waals surface area contributed by atoms with E-state index < -0.39 is 11.7 Å². The minimum absolute atomic E-state index is 0.0124. The topological polar surface area (TPSA) is 113 Å². The number of nitrogens with one attached hydrogen (secondary N) is 3. The van der Waals surface area contributed by atoms with E-state index in [1.807, 2.05) is 6.07 Å². The molecule has 0 aliphatic rings. The van der Waals surface area contributed by atoms with Crippen LogP contribution in [0, 0.1) is 5.82 Å². The zero-order valence-corrected chi connectivity index (χ0v) is 17.8. The summed E-state index contributed by atoms with van der Waals surface area (Å²) in [5.41, 5.74) is 1.63. The Balaban J connectivity index is 1.47. The van der Waals surface area contributed by atoms with Gasteiger partial charge in [-0.3, -0.25) is 14.7 Å². The zero-order valence-electron chi connectivity index (χ0n) is 16.2.